The van der Waals surface area contributed by atoms with Gasteiger partial charge in [-0.05, 0) is 30.5 Å². The fraction of sp³-hybridized carbons (Fsp3) is 0.278. The average Bonchev–Trinajstić information content (AvgIpc) is 3.06. The molecule has 0 aromatic heterocycles. The van der Waals surface area contributed by atoms with Crippen molar-refractivity contribution in [2.45, 2.75) is 31.5 Å². The van der Waals surface area contributed by atoms with E-state index in [4.69, 9.17) is 11.6 Å². The maximum atomic E-state index is 12.4. The first-order chi connectivity index (χ1) is 11.1. The first kappa shape index (κ1) is 16.0. The number of amides is 1. The van der Waals surface area contributed by atoms with Crippen LogP contribution in [-0.2, 0) is 4.79 Å². The van der Waals surface area contributed by atoms with Crippen molar-refractivity contribution in [3.8, 4) is 0 Å². The van der Waals surface area contributed by atoms with Gasteiger partial charge in [0, 0.05) is 11.1 Å². The molecular formula is C18H20ClN3O. The topological polar surface area (TPSA) is 53.2 Å². The fourth-order valence-corrected chi connectivity index (χ4v) is 3.10. The molecule has 0 saturated carbocycles. The van der Waals surface area contributed by atoms with Crippen LogP contribution in [-0.4, -0.2) is 11.9 Å². The van der Waals surface area contributed by atoms with Gasteiger partial charge in [0.25, 0.3) is 0 Å². The summed E-state index contributed by atoms with van der Waals surface area (Å²) in [7, 11) is 0. The smallest absolute Gasteiger partial charge is 0.239 e. The maximum absolute atomic E-state index is 12.4. The highest BCUT2D eigenvalue weighted by molar-refractivity contribution is 6.31. The van der Waals surface area contributed by atoms with E-state index < -0.39 is 0 Å². The van der Waals surface area contributed by atoms with Crippen molar-refractivity contribution in [3.05, 3.63) is 70.7 Å². The van der Waals surface area contributed by atoms with Gasteiger partial charge in [-0.15, -0.1) is 0 Å². The molecular weight excluding hydrogens is 310 g/mol. The van der Waals surface area contributed by atoms with Crippen molar-refractivity contribution >= 4 is 17.5 Å². The summed E-state index contributed by atoms with van der Waals surface area (Å²) in [6, 6.07) is 17.4. The molecule has 1 amide bonds. The standard InChI is InChI=1S/C18H20ClN3O/c1-12(13-7-3-2-4-8-13)20-18(23)17-11-16(21-22-17)14-9-5-6-10-15(14)19/h2-10,12,16-17,21-22H,11H2,1H3,(H,20,23). The third kappa shape index (κ3) is 3.72. The molecule has 0 aliphatic carbocycles. The van der Waals surface area contributed by atoms with Crippen molar-refractivity contribution in [2.24, 2.45) is 0 Å². The van der Waals surface area contributed by atoms with E-state index in [9.17, 15) is 4.79 Å². The van der Waals surface area contributed by atoms with E-state index in [1.54, 1.807) is 0 Å². The molecule has 1 heterocycles. The lowest BCUT2D eigenvalue weighted by Gasteiger charge is -2.17. The van der Waals surface area contributed by atoms with Gasteiger partial charge in [0.05, 0.1) is 6.04 Å². The second-order valence-electron chi connectivity index (χ2n) is 5.79. The van der Waals surface area contributed by atoms with E-state index in [0.717, 1.165) is 11.1 Å². The number of benzene rings is 2. The van der Waals surface area contributed by atoms with Gasteiger partial charge < -0.3 is 5.32 Å². The summed E-state index contributed by atoms with van der Waals surface area (Å²) in [4.78, 5) is 12.4. The summed E-state index contributed by atoms with van der Waals surface area (Å²) >= 11 is 6.23. The van der Waals surface area contributed by atoms with Gasteiger partial charge in [-0.2, -0.15) is 0 Å². The molecule has 120 valence electrons. The van der Waals surface area contributed by atoms with Crippen LogP contribution in [0.3, 0.4) is 0 Å². The monoisotopic (exact) mass is 329 g/mol. The number of nitrogens with one attached hydrogen (secondary N) is 3. The Morgan fingerprint density at radius 1 is 1.13 bits per heavy atom. The van der Waals surface area contributed by atoms with Crippen molar-refractivity contribution in [1.29, 1.82) is 0 Å². The zero-order valence-corrected chi connectivity index (χ0v) is 13.7. The van der Waals surface area contributed by atoms with Gasteiger partial charge in [0.1, 0.15) is 6.04 Å². The predicted octanol–water partition coefficient (Wildman–Crippen LogP) is 3.13. The summed E-state index contributed by atoms with van der Waals surface area (Å²) < 4.78 is 0. The molecule has 0 bridgehead atoms. The Hall–Kier alpha value is -1.88. The van der Waals surface area contributed by atoms with Gasteiger partial charge in [-0.3, -0.25) is 4.79 Å². The fourth-order valence-electron chi connectivity index (χ4n) is 2.83. The molecule has 2 aromatic carbocycles. The Morgan fingerprint density at radius 2 is 1.83 bits per heavy atom. The maximum Gasteiger partial charge on any atom is 0.239 e. The molecule has 23 heavy (non-hydrogen) atoms. The summed E-state index contributed by atoms with van der Waals surface area (Å²) in [5, 5.41) is 3.76. The number of rotatable bonds is 4. The lowest BCUT2D eigenvalue weighted by Crippen LogP contribution is -2.43. The quantitative estimate of drug-likeness (QED) is 0.808. The van der Waals surface area contributed by atoms with Gasteiger partial charge in [0.15, 0.2) is 0 Å². The second-order valence-corrected chi connectivity index (χ2v) is 6.20. The number of carbonyl (C=O) groups excluding carboxylic acids is 1. The van der Waals surface area contributed by atoms with E-state index in [1.165, 1.54) is 0 Å². The first-order valence-electron chi connectivity index (χ1n) is 7.76. The normalized spacial score (nSPS) is 21.8. The van der Waals surface area contributed by atoms with E-state index >= 15 is 0 Å². The van der Waals surface area contributed by atoms with Gasteiger partial charge >= 0.3 is 0 Å². The van der Waals surface area contributed by atoms with Gasteiger partial charge in [-0.25, -0.2) is 10.9 Å². The lowest BCUT2D eigenvalue weighted by molar-refractivity contribution is -0.123. The summed E-state index contributed by atoms with van der Waals surface area (Å²) in [6.45, 7) is 1.99. The van der Waals surface area contributed by atoms with E-state index in [1.807, 2.05) is 61.5 Å². The highest BCUT2D eigenvalue weighted by atomic mass is 35.5. The number of hydrogen-bond acceptors (Lipinski definition) is 3. The van der Waals surface area contributed by atoms with Crippen LogP contribution in [0.25, 0.3) is 0 Å². The van der Waals surface area contributed by atoms with Crippen molar-refractivity contribution in [3.63, 3.8) is 0 Å². The largest absolute Gasteiger partial charge is 0.348 e. The molecule has 5 heteroatoms. The molecule has 1 aliphatic rings. The Labute approximate surface area is 141 Å². The number of hydrogen-bond donors (Lipinski definition) is 3. The Morgan fingerprint density at radius 3 is 2.57 bits per heavy atom. The van der Waals surface area contributed by atoms with Crippen LogP contribution in [0.2, 0.25) is 5.02 Å². The number of carbonyl (C=O) groups is 1. The minimum Gasteiger partial charge on any atom is -0.348 e. The molecule has 1 fully saturated rings. The van der Waals surface area contributed by atoms with Crippen molar-refractivity contribution in [2.75, 3.05) is 0 Å². The Kier molecular flexibility index (Phi) is 4.96. The molecule has 3 atom stereocenters. The van der Waals surface area contributed by atoms with Gasteiger partial charge in [-0.1, -0.05) is 60.1 Å². The first-order valence-corrected chi connectivity index (χ1v) is 8.14. The Bertz CT molecular complexity index is 677. The van der Waals surface area contributed by atoms with Crippen molar-refractivity contribution in [1.82, 2.24) is 16.2 Å². The van der Waals surface area contributed by atoms with Crippen LogP contribution >= 0.6 is 11.6 Å². The molecule has 2 aromatic rings. The highest BCUT2D eigenvalue weighted by Crippen LogP contribution is 2.28. The SMILES string of the molecule is CC(NC(=O)C1CC(c2ccccc2Cl)NN1)c1ccccc1. The minimum absolute atomic E-state index is 0.0107. The zero-order valence-electron chi connectivity index (χ0n) is 12.9. The predicted molar refractivity (Wildman–Crippen MR) is 91.9 cm³/mol. The lowest BCUT2D eigenvalue weighted by atomic mass is 10.0. The number of halogens is 1. The van der Waals surface area contributed by atoms with Gasteiger partial charge in [0.2, 0.25) is 5.91 Å². The average molecular weight is 330 g/mol. The number of hydrazine groups is 1. The summed E-state index contributed by atoms with van der Waals surface area (Å²) in [5.74, 6) is -0.0107. The summed E-state index contributed by atoms with van der Waals surface area (Å²) in [5.41, 5.74) is 8.33. The molecule has 4 nitrogen and oxygen atoms in total. The minimum atomic E-state index is -0.276. The van der Waals surface area contributed by atoms with Crippen LogP contribution in [0.1, 0.15) is 36.6 Å². The zero-order chi connectivity index (χ0) is 16.2. The highest BCUT2D eigenvalue weighted by Gasteiger charge is 2.31. The molecule has 0 spiro atoms. The van der Waals surface area contributed by atoms with E-state index in [2.05, 4.69) is 16.2 Å². The molecule has 0 radical (unpaired) electrons. The van der Waals surface area contributed by atoms with E-state index in [0.29, 0.717) is 11.4 Å². The molecule has 3 N–H and O–H groups in total. The van der Waals surface area contributed by atoms with Crippen LogP contribution < -0.4 is 16.2 Å². The van der Waals surface area contributed by atoms with Crippen LogP contribution in [0.15, 0.2) is 54.6 Å². The van der Waals surface area contributed by atoms with Crippen LogP contribution in [0.5, 0.6) is 0 Å². The third-order valence-corrected chi connectivity index (χ3v) is 4.50. The molecule has 1 saturated heterocycles. The second kappa shape index (κ2) is 7.13. The summed E-state index contributed by atoms with van der Waals surface area (Å²) in [6.07, 6.45) is 0.664. The molecule has 3 rings (SSSR count). The molecule has 1 aliphatic heterocycles. The third-order valence-electron chi connectivity index (χ3n) is 4.16. The van der Waals surface area contributed by atoms with Crippen molar-refractivity contribution < 1.29 is 4.79 Å². The van der Waals surface area contributed by atoms with E-state index in [-0.39, 0.29) is 24.0 Å². The van der Waals surface area contributed by atoms with Crippen LogP contribution in [0, 0.1) is 0 Å². The Balaban J connectivity index is 1.61. The van der Waals surface area contributed by atoms with Crippen LogP contribution in [0.4, 0.5) is 0 Å². The molecule has 3 unspecified atom stereocenters.